The van der Waals surface area contributed by atoms with Crippen molar-refractivity contribution in [2.24, 2.45) is 0 Å². The lowest BCUT2D eigenvalue weighted by Crippen LogP contribution is -2.42. The summed E-state index contributed by atoms with van der Waals surface area (Å²) in [6.07, 6.45) is 8.68. The molecule has 1 atom stereocenters. The van der Waals surface area contributed by atoms with Crippen LogP contribution >= 0.6 is 11.3 Å². The molecule has 2 aliphatic rings. The molecule has 2 heterocycles. The van der Waals surface area contributed by atoms with Crippen molar-refractivity contribution in [2.45, 2.75) is 69.7 Å². The topological polar surface area (TPSA) is 70.6 Å². The number of thiazole rings is 1. The Kier molecular flexibility index (Phi) is 6.83. The molecular weight excluding hydrogens is 442 g/mol. The number of rotatable bonds is 6. The Hall–Kier alpha value is -2.03. The van der Waals surface area contributed by atoms with Gasteiger partial charge in [-0.3, -0.25) is 9.69 Å². The molecule has 1 fully saturated rings. The molecule has 1 aliphatic heterocycles. The molecule has 0 saturated carbocycles. The molecule has 0 radical (unpaired) electrons. The monoisotopic (exact) mass is 473 g/mol. The SMILES string of the molecule is C=CCN(C(=O)c1cc(S(=O)(=O)N2CCCCC2C)ccc1C)c1nc2c(s1)CCCC2. The summed E-state index contributed by atoms with van der Waals surface area (Å²) in [7, 11) is -3.66. The van der Waals surface area contributed by atoms with Crippen molar-refractivity contribution in [1.82, 2.24) is 9.29 Å². The summed E-state index contributed by atoms with van der Waals surface area (Å²) < 4.78 is 28.3. The van der Waals surface area contributed by atoms with Crippen LogP contribution in [0.5, 0.6) is 0 Å². The highest BCUT2D eigenvalue weighted by Gasteiger charge is 2.32. The van der Waals surface area contributed by atoms with Crippen molar-refractivity contribution in [3.63, 3.8) is 0 Å². The van der Waals surface area contributed by atoms with Crippen molar-refractivity contribution in [1.29, 1.82) is 0 Å². The van der Waals surface area contributed by atoms with Gasteiger partial charge < -0.3 is 0 Å². The van der Waals surface area contributed by atoms with Gasteiger partial charge in [0.2, 0.25) is 10.0 Å². The van der Waals surface area contributed by atoms with Crippen LogP contribution in [0, 0.1) is 6.92 Å². The lowest BCUT2D eigenvalue weighted by atomic mass is 10.0. The predicted molar refractivity (Wildman–Crippen MR) is 129 cm³/mol. The summed E-state index contributed by atoms with van der Waals surface area (Å²) in [5.41, 5.74) is 2.23. The largest absolute Gasteiger partial charge is 0.280 e. The average Bonchev–Trinajstić information content (AvgIpc) is 3.21. The van der Waals surface area contributed by atoms with Crippen molar-refractivity contribution < 1.29 is 13.2 Å². The van der Waals surface area contributed by atoms with Gasteiger partial charge in [0.05, 0.1) is 10.6 Å². The van der Waals surface area contributed by atoms with E-state index in [1.165, 1.54) is 10.9 Å². The first kappa shape index (κ1) is 23.1. The number of piperidine rings is 1. The van der Waals surface area contributed by atoms with E-state index in [0.717, 1.165) is 56.2 Å². The maximum absolute atomic E-state index is 13.6. The van der Waals surface area contributed by atoms with E-state index in [9.17, 15) is 13.2 Å². The molecule has 172 valence electrons. The zero-order valence-corrected chi connectivity index (χ0v) is 20.5. The number of anilines is 1. The predicted octanol–water partition coefficient (Wildman–Crippen LogP) is 4.73. The van der Waals surface area contributed by atoms with E-state index in [1.54, 1.807) is 38.8 Å². The first-order chi connectivity index (χ1) is 15.3. The maximum Gasteiger partial charge on any atom is 0.260 e. The van der Waals surface area contributed by atoms with Crippen molar-refractivity contribution in [3.8, 4) is 0 Å². The number of aryl methyl sites for hydroxylation is 3. The zero-order chi connectivity index (χ0) is 22.9. The van der Waals surface area contributed by atoms with Gasteiger partial charge in [-0.15, -0.1) is 17.9 Å². The third-order valence-corrected chi connectivity index (χ3v) is 9.60. The van der Waals surface area contributed by atoms with Gasteiger partial charge in [-0.2, -0.15) is 4.31 Å². The smallest absolute Gasteiger partial charge is 0.260 e. The van der Waals surface area contributed by atoms with Crippen LogP contribution in [-0.4, -0.2) is 42.7 Å². The summed E-state index contributed by atoms with van der Waals surface area (Å²) in [5, 5.41) is 0.666. The van der Waals surface area contributed by atoms with Gasteiger partial charge in [0, 0.05) is 29.6 Å². The molecule has 1 aromatic carbocycles. The molecule has 2 aromatic rings. The molecule has 6 nitrogen and oxygen atoms in total. The Balaban J connectivity index is 1.69. The number of benzene rings is 1. The number of aromatic nitrogens is 1. The molecule has 1 aromatic heterocycles. The first-order valence-electron chi connectivity index (χ1n) is 11.4. The number of carbonyl (C=O) groups excluding carboxylic acids is 1. The molecule has 1 amide bonds. The van der Waals surface area contributed by atoms with Crippen LogP contribution in [-0.2, 0) is 22.9 Å². The number of hydrogen-bond acceptors (Lipinski definition) is 5. The van der Waals surface area contributed by atoms with Gasteiger partial charge in [0.1, 0.15) is 0 Å². The molecule has 0 bridgehead atoms. The van der Waals surface area contributed by atoms with Crippen molar-refractivity contribution in [2.75, 3.05) is 18.0 Å². The summed E-state index contributed by atoms with van der Waals surface area (Å²) in [6.45, 7) is 8.45. The fourth-order valence-electron chi connectivity index (χ4n) is 4.53. The molecule has 4 rings (SSSR count). The molecule has 0 spiro atoms. The van der Waals surface area contributed by atoms with E-state index in [-0.39, 0.29) is 16.8 Å². The van der Waals surface area contributed by atoms with E-state index in [2.05, 4.69) is 6.58 Å². The van der Waals surface area contributed by atoms with Gasteiger partial charge in [0.25, 0.3) is 5.91 Å². The van der Waals surface area contributed by atoms with E-state index in [1.807, 2.05) is 13.8 Å². The quantitative estimate of drug-likeness (QED) is 0.569. The van der Waals surface area contributed by atoms with Crippen LogP contribution in [0.25, 0.3) is 0 Å². The molecular formula is C24H31N3O3S2. The first-order valence-corrected chi connectivity index (χ1v) is 13.6. The van der Waals surface area contributed by atoms with Gasteiger partial charge in [-0.25, -0.2) is 13.4 Å². The minimum Gasteiger partial charge on any atom is -0.280 e. The number of sulfonamides is 1. The molecule has 32 heavy (non-hydrogen) atoms. The Labute approximate surface area is 195 Å². The second-order valence-electron chi connectivity index (χ2n) is 8.72. The molecule has 0 N–H and O–H groups in total. The van der Waals surface area contributed by atoms with Gasteiger partial charge in [-0.05, 0) is 70.1 Å². The van der Waals surface area contributed by atoms with E-state index >= 15 is 0 Å². The Morgan fingerprint density at radius 2 is 2.06 bits per heavy atom. The van der Waals surface area contributed by atoms with Gasteiger partial charge in [0.15, 0.2) is 5.13 Å². The lowest BCUT2D eigenvalue weighted by molar-refractivity contribution is 0.0989. The number of hydrogen-bond donors (Lipinski definition) is 0. The van der Waals surface area contributed by atoms with Crippen LogP contribution in [0.2, 0.25) is 0 Å². The van der Waals surface area contributed by atoms with Crippen LogP contribution in [0.3, 0.4) is 0 Å². The standard InChI is InChI=1S/C24H31N3O3S2/c1-4-14-26(24-25-21-10-5-6-11-22(21)31-24)23(28)20-16-19(13-12-17(20)2)32(29,30)27-15-8-7-9-18(27)3/h4,12-13,16,18H,1,5-11,14-15H2,2-3H3. The minimum absolute atomic E-state index is 0.0342. The average molecular weight is 474 g/mol. The highest BCUT2D eigenvalue weighted by molar-refractivity contribution is 7.89. The molecule has 1 aliphatic carbocycles. The maximum atomic E-state index is 13.6. The number of nitrogens with zero attached hydrogens (tertiary/aromatic N) is 3. The Morgan fingerprint density at radius 3 is 2.78 bits per heavy atom. The van der Waals surface area contributed by atoms with Crippen molar-refractivity contribution >= 4 is 32.4 Å². The molecule has 8 heteroatoms. The van der Waals surface area contributed by atoms with Crippen molar-refractivity contribution in [3.05, 3.63) is 52.6 Å². The fourth-order valence-corrected chi connectivity index (χ4v) is 7.41. The van der Waals surface area contributed by atoms with Crippen LogP contribution in [0.15, 0.2) is 35.7 Å². The van der Waals surface area contributed by atoms with Crippen LogP contribution in [0.1, 0.15) is 65.5 Å². The second-order valence-corrected chi connectivity index (χ2v) is 11.7. The van der Waals surface area contributed by atoms with Gasteiger partial charge >= 0.3 is 0 Å². The van der Waals surface area contributed by atoms with E-state index in [4.69, 9.17) is 4.98 Å². The third-order valence-electron chi connectivity index (χ3n) is 6.41. The number of fused-ring (bicyclic) bond motifs is 1. The minimum atomic E-state index is -3.66. The van der Waals surface area contributed by atoms with Crippen LogP contribution < -0.4 is 4.90 Å². The Morgan fingerprint density at radius 1 is 1.28 bits per heavy atom. The normalized spacial score (nSPS) is 19.4. The van der Waals surface area contributed by atoms with E-state index < -0.39 is 10.0 Å². The van der Waals surface area contributed by atoms with Gasteiger partial charge in [-0.1, -0.05) is 18.6 Å². The summed E-state index contributed by atoms with van der Waals surface area (Å²) in [6, 6.07) is 4.85. The fraction of sp³-hybridized carbons (Fsp3) is 0.500. The highest BCUT2D eigenvalue weighted by Crippen LogP contribution is 2.33. The third kappa shape index (κ3) is 4.40. The summed E-state index contributed by atoms with van der Waals surface area (Å²) in [5.74, 6) is -0.239. The zero-order valence-electron chi connectivity index (χ0n) is 18.8. The van der Waals surface area contributed by atoms with E-state index in [0.29, 0.717) is 23.8 Å². The lowest BCUT2D eigenvalue weighted by Gasteiger charge is -2.32. The summed E-state index contributed by atoms with van der Waals surface area (Å²) in [4.78, 5) is 21.4. The summed E-state index contributed by atoms with van der Waals surface area (Å²) >= 11 is 1.56. The Bertz CT molecular complexity index is 1100. The highest BCUT2D eigenvalue weighted by atomic mass is 32.2. The molecule has 1 saturated heterocycles. The molecule has 1 unspecified atom stereocenters. The number of amides is 1. The van der Waals surface area contributed by atoms with Crippen LogP contribution in [0.4, 0.5) is 5.13 Å². The second kappa shape index (κ2) is 9.45. The number of carbonyl (C=O) groups is 1.